The number of thiophene rings is 1. The van der Waals surface area contributed by atoms with Gasteiger partial charge in [0.25, 0.3) is 5.91 Å². The van der Waals surface area contributed by atoms with Gasteiger partial charge >= 0.3 is 5.97 Å². The van der Waals surface area contributed by atoms with Crippen LogP contribution in [0.3, 0.4) is 0 Å². The molecule has 1 aliphatic heterocycles. The number of nitrogens with zero attached hydrogens (tertiary/aromatic N) is 1. The summed E-state index contributed by atoms with van der Waals surface area (Å²) in [6.45, 7) is 3.58. The molecule has 0 saturated carbocycles. The Hall–Kier alpha value is -2.03. The molecule has 1 aliphatic rings. The van der Waals surface area contributed by atoms with E-state index >= 15 is 0 Å². The fourth-order valence-electron chi connectivity index (χ4n) is 3.07. The van der Waals surface area contributed by atoms with Gasteiger partial charge in [0.1, 0.15) is 8.42 Å². The molecule has 11 nitrogen and oxygen atoms in total. The van der Waals surface area contributed by atoms with Crippen LogP contribution in [-0.4, -0.2) is 64.5 Å². The van der Waals surface area contributed by atoms with Crippen molar-refractivity contribution in [1.29, 1.82) is 0 Å². The van der Waals surface area contributed by atoms with Gasteiger partial charge in [-0.05, 0) is 26.3 Å². The lowest BCUT2D eigenvalue weighted by Gasteiger charge is -2.36. The van der Waals surface area contributed by atoms with Gasteiger partial charge in [0.05, 0.1) is 17.8 Å². The first-order chi connectivity index (χ1) is 13.8. The molecule has 2 atom stereocenters. The van der Waals surface area contributed by atoms with Crippen LogP contribution in [0.1, 0.15) is 38.8 Å². The third-order valence-electron chi connectivity index (χ3n) is 4.57. The van der Waals surface area contributed by atoms with Crippen LogP contribution in [-0.2, 0) is 39.0 Å². The van der Waals surface area contributed by atoms with E-state index in [2.05, 4.69) is 10.1 Å². The van der Waals surface area contributed by atoms with Crippen LogP contribution in [0.4, 0.5) is 0 Å². The normalized spacial score (nSPS) is 20.1. The Kier molecular flexibility index (Phi) is 7.27. The third-order valence-corrected chi connectivity index (χ3v) is 9.88. The summed E-state index contributed by atoms with van der Waals surface area (Å²) in [5.41, 5.74) is 0.198. The first-order valence-corrected chi connectivity index (χ1v) is 12.8. The van der Waals surface area contributed by atoms with Crippen LogP contribution in [0.25, 0.3) is 0 Å². The summed E-state index contributed by atoms with van der Waals surface area (Å²) < 4.78 is 53.0. The second-order valence-corrected chi connectivity index (χ2v) is 12.1. The number of fused-ring (bicyclic) bond motifs is 1. The number of nitrogens with two attached hydrogens (primary N) is 1. The standard InChI is InChI=1S/C16H23N3O8S3/c1-4-19(14(22)7-18-13(21)8-27-10(3)20)12-5-9(2)29(23,24)16-11(12)6-15(28-16)30(17,25)26/h6,9,12H,4-5,7-8H2,1-3H3,(H,18,21)(H2,17,25,26)/t9-,12-/m0/s1. The number of rotatable bonds is 7. The molecule has 0 unspecified atom stereocenters. The molecule has 14 heteroatoms. The van der Waals surface area contributed by atoms with E-state index in [-0.39, 0.29) is 26.9 Å². The molecule has 1 aromatic heterocycles. The highest BCUT2D eigenvalue weighted by Crippen LogP contribution is 2.44. The molecule has 0 bridgehead atoms. The third kappa shape index (κ3) is 5.17. The average molecular weight is 482 g/mol. The van der Waals surface area contributed by atoms with E-state index in [1.807, 2.05) is 0 Å². The Morgan fingerprint density at radius 1 is 1.37 bits per heavy atom. The molecule has 2 rings (SSSR count). The van der Waals surface area contributed by atoms with Gasteiger partial charge in [0, 0.05) is 19.0 Å². The van der Waals surface area contributed by atoms with Crippen molar-refractivity contribution in [3.63, 3.8) is 0 Å². The number of ether oxygens (including phenoxy) is 1. The van der Waals surface area contributed by atoms with Crippen molar-refractivity contribution in [2.45, 2.75) is 46.9 Å². The predicted octanol–water partition coefficient (Wildman–Crippen LogP) is -0.470. The van der Waals surface area contributed by atoms with Crippen LogP contribution in [0.5, 0.6) is 0 Å². The zero-order chi connectivity index (χ0) is 22.9. The van der Waals surface area contributed by atoms with Crippen molar-refractivity contribution in [1.82, 2.24) is 10.2 Å². The zero-order valence-electron chi connectivity index (χ0n) is 16.6. The lowest BCUT2D eigenvalue weighted by Crippen LogP contribution is -2.45. The van der Waals surface area contributed by atoms with Gasteiger partial charge in [-0.25, -0.2) is 22.0 Å². The summed E-state index contributed by atoms with van der Waals surface area (Å²) in [5.74, 6) is -1.80. The summed E-state index contributed by atoms with van der Waals surface area (Å²) in [6, 6.07) is 0.492. The second-order valence-electron chi connectivity index (χ2n) is 6.70. The number of nitrogens with one attached hydrogen (secondary N) is 1. The molecule has 0 fully saturated rings. The van der Waals surface area contributed by atoms with E-state index in [1.54, 1.807) is 6.92 Å². The topological polar surface area (TPSA) is 170 Å². The van der Waals surface area contributed by atoms with E-state index in [0.29, 0.717) is 11.3 Å². The maximum absolute atomic E-state index is 12.7. The van der Waals surface area contributed by atoms with E-state index in [4.69, 9.17) is 5.14 Å². The van der Waals surface area contributed by atoms with Crippen LogP contribution >= 0.6 is 11.3 Å². The molecule has 30 heavy (non-hydrogen) atoms. The lowest BCUT2D eigenvalue weighted by molar-refractivity contribution is -0.146. The highest BCUT2D eigenvalue weighted by Gasteiger charge is 2.42. The molecule has 0 saturated heterocycles. The Balaban J connectivity index is 2.30. The zero-order valence-corrected chi connectivity index (χ0v) is 19.0. The number of likely N-dealkylation sites (N-methyl/N-ethyl adjacent to an activating group) is 1. The predicted molar refractivity (Wildman–Crippen MR) is 107 cm³/mol. The maximum Gasteiger partial charge on any atom is 0.303 e. The summed E-state index contributed by atoms with van der Waals surface area (Å²) in [7, 11) is -7.88. The number of primary sulfonamides is 1. The molecule has 0 spiro atoms. The SMILES string of the molecule is CCN(C(=O)CNC(=O)COC(C)=O)[C@H]1C[C@H](C)S(=O)(=O)c2sc(S(N)(=O)=O)cc21. The van der Waals surface area contributed by atoms with E-state index < -0.39 is 62.1 Å². The first-order valence-electron chi connectivity index (χ1n) is 8.89. The van der Waals surface area contributed by atoms with Crippen molar-refractivity contribution in [2.24, 2.45) is 5.14 Å². The summed E-state index contributed by atoms with van der Waals surface area (Å²) in [5, 5.41) is 6.65. The Morgan fingerprint density at radius 2 is 2.00 bits per heavy atom. The van der Waals surface area contributed by atoms with Gasteiger partial charge < -0.3 is 15.0 Å². The quantitative estimate of drug-likeness (QED) is 0.492. The monoisotopic (exact) mass is 481 g/mol. The Bertz CT molecular complexity index is 1060. The molecular formula is C16H23N3O8S3. The summed E-state index contributed by atoms with van der Waals surface area (Å²) in [6.07, 6.45) is 0.0666. The van der Waals surface area contributed by atoms with E-state index in [1.165, 1.54) is 17.9 Å². The minimum absolute atomic E-state index is 0.0666. The number of carbonyl (C=O) groups excluding carboxylic acids is 3. The van der Waals surface area contributed by atoms with Gasteiger partial charge in [-0.3, -0.25) is 14.4 Å². The number of carbonyl (C=O) groups is 3. The van der Waals surface area contributed by atoms with Gasteiger partial charge in [-0.1, -0.05) is 0 Å². The molecule has 3 N–H and O–H groups in total. The largest absolute Gasteiger partial charge is 0.456 e. The molecule has 0 aromatic carbocycles. The summed E-state index contributed by atoms with van der Waals surface area (Å²) in [4.78, 5) is 36.5. The van der Waals surface area contributed by atoms with Gasteiger partial charge in [0.15, 0.2) is 16.4 Å². The number of sulfonamides is 1. The van der Waals surface area contributed by atoms with E-state index in [9.17, 15) is 31.2 Å². The molecule has 2 amide bonds. The molecular weight excluding hydrogens is 458 g/mol. The maximum atomic E-state index is 12.7. The fourth-order valence-corrected chi connectivity index (χ4v) is 7.47. The van der Waals surface area contributed by atoms with Crippen molar-refractivity contribution in [3.8, 4) is 0 Å². The van der Waals surface area contributed by atoms with Crippen LogP contribution in [0, 0.1) is 0 Å². The van der Waals surface area contributed by atoms with Gasteiger partial charge in [-0.15, -0.1) is 11.3 Å². The Morgan fingerprint density at radius 3 is 2.53 bits per heavy atom. The Labute approximate surface area is 178 Å². The van der Waals surface area contributed by atoms with Crippen molar-refractivity contribution in [3.05, 3.63) is 11.6 Å². The number of hydrogen-bond donors (Lipinski definition) is 2. The highest BCUT2D eigenvalue weighted by molar-refractivity contribution is 7.95. The highest BCUT2D eigenvalue weighted by atomic mass is 32.3. The van der Waals surface area contributed by atoms with Crippen LogP contribution in [0.15, 0.2) is 14.5 Å². The van der Waals surface area contributed by atoms with Crippen molar-refractivity contribution >= 4 is 49.0 Å². The smallest absolute Gasteiger partial charge is 0.303 e. The average Bonchev–Trinajstić information content (AvgIpc) is 3.10. The number of amides is 2. The lowest BCUT2D eigenvalue weighted by atomic mass is 10.0. The van der Waals surface area contributed by atoms with Crippen LogP contribution in [0.2, 0.25) is 0 Å². The number of sulfone groups is 1. The van der Waals surface area contributed by atoms with Crippen molar-refractivity contribution in [2.75, 3.05) is 19.7 Å². The molecule has 168 valence electrons. The molecule has 1 aromatic rings. The fraction of sp³-hybridized carbons (Fsp3) is 0.562. The van der Waals surface area contributed by atoms with E-state index in [0.717, 1.165) is 6.92 Å². The van der Waals surface area contributed by atoms with Gasteiger partial charge in [0.2, 0.25) is 15.9 Å². The minimum Gasteiger partial charge on any atom is -0.456 e. The first kappa shape index (κ1) is 24.2. The molecule has 0 aliphatic carbocycles. The minimum atomic E-state index is -4.12. The summed E-state index contributed by atoms with van der Waals surface area (Å²) >= 11 is 0.567. The second kappa shape index (κ2) is 8.99. The van der Waals surface area contributed by atoms with Gasteiger partial charge in [-0.2, -0.15) is 0 Å². The van der Waals surface area contributed by atoms with Crippen molar-refractivity contribution < 1.29 is 36.0 Å². The molecule has 2 heterocycles. The molecule has 0 radical (unpaired) electrons. The number of hydrogen-bond acceptors (Lipinski definition) is 9. The van der Waals surface area contributed by atoms with Crippen LogP contribution < -0.4 is 10.5 Å². The number of esters is 1.